The summed E-state index contributed by atoms with van der Waals surface area (Å²) in [6.45, 7) is 0.918. The van der Waals surface area contributed by atoms with Gasteiger partial charge >= 0.3 is 0 Å². The molecule has 2 aromatic carbocycles. The molecule has 0 amide bonds. The lowest BCUT2D eigenvalue weighted by Gasteiger charge is -2.40. The van der Waals surface area contributed by atoms with Crippen LogP contribution in [-0.2, 0) is 18.3 Å². The van der Waals surface area contributed by atoms with Gasteiger partial charge in [-0.15, -0.1) is 0 Å². The topological polar surface area (TPSA) is 21.6 Å². The molecule has 3 heteroatoms. The van der Waals surface area contributed by atoms with Crippen LogP contribution in [0.1, 0.15) is 23.1 Å². The Kier molecular flexibility index (Phi) is 3.76. The number of benzene rings is 2. The van der Waals surface area contributed by atoms with E-state index in [1.165, 1.54) is 22.4 Å². The van der Waals surface area contributed by atoms with Crippen LogP contribution in [0.4, 0.5) is 0 Å². The minimum absolute atomic E-state index is 0.0116. The molecule has 1 aliphatic heterocycles. The Morgan fingerprint density at radius 2 is 2.04 bits per heavy atom. The summed E-state index contributed by atoms with van der Waals surface area (Å²) in [5, 5.41) is 0. The third-order valence-corrected chi connectivity index (χ3v) is 5.95. The third kappa shape index (κ3) is 2.42. The highest BCUT2D eigenvalue weighted by atomic mass is 79.9. The van der Waals surface area contributed by atoms with E-state index in [0.717, 1.165) is 31.6 Å². The Labute approximate surface area is 145 Å². The van der Waals surface area contributed by atoms with Gasteiger partial charge < -0.3 is 4.74 Å². The minimum atomic E-state index is 0.0116. The van der Waals surface area contributed by atoms with Crippen molar-refractivity contribution in [3.8, 4) is 5.75 Å². The van der Waals surface area contributed by atoms with Gasteiger partial charge in [0.2, 0.25) is 0 Å². The van der Waals surface area contributed by atoms with Crippen LogP contribution >= 0.6 is 15.9 Å². The fourth-order valence-corrected chi connectivity index (χ4v) is 5.06. The Hall–Kier alpha value is -1.61. The standard InChI is InChI=1S/C20H20BrNO/c1-23-16-8-7-15-11-18(21)19-20(9-10-22-19,17(15)12-16)13-14-5-3-2-4-6-14/h2-8,12,18H,9-11,13H2,1H3. The first-order chi connectivity index (χ1) is 11.2. The number of nitrogens with zero attached hydrogens (tertiary/aromatic N) is 1. The molecule has 2 aromatic rings. The van der Waals surface area contributed by atoms with Gasteiger partial charge in [-0.25, -0.2) is 0 Å². The molecule has 118 valence electrons. The van der Waals surface area contributed by atoms with Crippen molar-refractivity contribution in [1.29, 1.82) is 0 Å². The van der Waals surface area contributed by atoms with E-state index in [-0.39, 0.29) is 5.41 Å². The number of hydrogen-bond acceptors (Lipinski definition) is 2. The number of rotatable bonds is 3. The molecule has 0 N–H and O–H groups in total. The van der Waals surface area contributed by atoms with Crippen molar-refractivity contribution >= 4 is 21.6 Å². The van der Waals surface area contributed by atoms with Crippen molar-refractivity contribution in [1.82, 2.24) is 0 Å². The van der Waals surface area contributed by atoms with Crippen LogP contribution in [-0.4, -0.2) is 24.2 Å². The molecule has 23 heavy (non-hydrogen) atoms. The van der Waals surface area contributed by atoms with E-state index in [1.54, 1.807) is 7.11 Å². The number of aliphatic imine (C=N–C) groups is 1. The first kappa shape index (κ1) is 14.9. The predicted molar refractivity (Wildman–Crippen MR) is 98.2 cm³/mol. The van der Waals surface area contributed by atoms with Crippen LogP contribution in [0.2, 0.25) is 0 Å². The van der Waals surface area contributed by atoms with Crippen LogP contribution in [0.15, 0.2) is 53.5 Å². The van der Waals surface area contributed by atoms with Crippen molar-refractivity contribution < 1.29 is 4.74 Å². The van der Waals surface area contributed by atoms with Crippen LogP contribution in [0, 0.1) is 0 Å². The van der Waals surface area contributed by atoms with E-state index in [1.807, 2.05) is 0 Å². The summed E-state index contributed by atoms with van der Waals surface area (Å²) in [6.07, 6.45) is 3.10. The molecule has 0 bridgehead atoms. The quantitative estimate of drug-likeness (QED) is 0.737. The number of hydrogen-bond donors (Lipinski definition) is 0. The average Bonchev–Trinajstić information content (AvgIpc) is 3.01. The first-order valence-corrected chi connectivity index (χ1v) is 9.05. The zero-order valence-electron chi connectivity index (χ0n) is 13.3. The number of methoxy groups -OCH3 is 1. The molecule has 2 atom stereocenters. The number of ether oxygens (including phenoxy) is 1. The van der Waals surface area contributed by atoms with Crippen molar-refractivity contribution in [2.24, 2.45) is 4.99 Å². The number of alkyl halides is 1. The van der Waals surface area contributed by atoms with Crippen LogP contribution < -0.4 is 4.74 Å². The SMILES string of the molecule is COc1ccc2c(c1)C1(Cc3ccccc3)CCN=C1C(Br)C2. The van der Waals surface area contributed by atoms with E-state index in [0.29, 0.717) is 4.83 Å². The maximum Gasteiger partial charge on any atom is 0.119 e. The Bertz CT molecular complexity index is 755. The summed E-state index contributed by atoms with van der Waals surface area (Å²) in [7, 11) is 1.74. The van der Waals surface area contributed by atoms with E-state index in [9.17, 15) is 0 Å². The van der Waals surface area contributed by atoms with Crippen molar-refractivity contribution in [3.63, 3.8) is 0 Å². The molecule has 0 aromatic heterocycles. The van der Waals surface area contributed by atoms with E-state index in [2.05, 4.69) is 64.5 Å². The fraction of sp³-hybridized carbons (Fsp3) is 0.350. The fourth-order valence-electron chi connectivity index (χ4n) is 4.13. The number of halogens is 1. The van der Waals surface area contributed by atoms with E-state index in [4.69, 9.17) is 9.73 Å². The molecule has 2 unspecified atom stereocenters. The van der Waals surface area contributed by atoms with E-state index >= 15 is 0 Å². The molecule has 2 nitrogen and oxygen atoms in total. The molecule has 0 saturated carbocycles. The molecule has 0 radical (unpaired) electrons. The molecule has 1 aliphatic carbocycles. The summed E-state index contributed by atoms with van der Waals surface area (Å²) in [4.78, 5) is 5.23. The summed E-state index contributed by atoms with van der Waals surface area (Å²) >= 11 is 3.89. The second kappa shape index (κ2) is 5.79. The van der Waals surface area contributed by atoms with Gasteiger partial charge in [0.15, 0.2) is 0 Å². The predicted octanol–water partition coefficient (Wildman–Crippen LogP) is 4.34. The summed E-state index contributed by atoms with van der Waals surface area (Å²) < 4.78 is 5.50. The van der Waals surface area contributed by atoms with Gasteiger partial charge in [0.1, 0.15) is 5.75 Å². The van der Waals surface area contributed by atoms with Gasteiger partial charge in [0, 0.05) is 17.7 Å². The molecular formula is C20H20BrNO. The third-order valence-electron chi connectivity index (χ3n) is 5.19. The van der Waals surface area contributed by atoms with Crippen molar-refractivity contribution in [2.75, 3.05) is 13.7 Å². The Morgan fingerprint density at radius 3 is 2.83 bits per heavy atom. The Balaban J connectivity index is 1.87. The zero-order chi connectivity index (χ0) is 15.9. The second-order valence-electron chi connectivity index (χ2n) is 6.46. The van der Waals surface area contributed by atoms with Crippen LogP contribution in [0.3, 0.4) is 0 Å². The first-order valence-electron chi connectivity index (χ1n) is 8.13. The maximum atomic E-state index is 5.50. The van der Waals surface area contributed by atoms with Gasteiger partial charge in [-0.05, 0) is 48.1 Å². The van der Waals surface area contributed by atoms with Gasteiger partial charge in [0.05, 0.1) is 11.9 Å². The van der Waals surface area contributed by atoms with Crippen LogP contribution in [0.5, 0.6) is 5.75 Å². The molecule has 0 saturated heterocycles. The highest BCUT2D eigenvalue weighted by Gasteiger charge is 2.47. The van der Waals surface area contributed by atoms with Crippen molar-refractivity contribution in [3.05, 3.63) is 65.2 Å². The molecule has 0 spiro atoms. The lowest BCUT2D eigenvalue weighted by molar-refractivity contribution is 0.412. The van der Waals surface area contributed by atoms with Crippen molar-refractivity contribution in [2.45, 2.75) is 29.5 Å². The van der Waals surface area contributed by atoms with Crippen LogP contribution in [0.25, 0.3) is 0 Å². The van der Waals surface area contributed by atoms with E-state index < -0.39 is 0 Å². The maximum absolute atomic E-state index is 5.50. The normalized spacial score (nSPS) is 25.5. The highest BCUT2D eigenvalue weighted by molar-refractivity contribution is 9.10. The monoisotopic (exact) mass is 369 g/mol. The molecule has 1 heterocycles. The zero-order valence-corrected chi connectivity index (χ0v) is 14.8. The number of fused-ring (bicyclic) bond motifs is 3. The minimum Gasteiger partial charge on any atom is -0.497 e. The highest BCUT2D eigenvalue weighted by Crippen LogP contribution is 2.46. The average molecular weight is 370 g/mol. The summed E-state index contributed by atoms with van der Waals surface area (Å²) in [5.74, 6) is 0.940. The molecular weight excluding hydrogens is 350 g/mol. The molecule has 4 rings (SSSR count). The lowest BCUT2D eigenvalue weighted by Crippen LogP contribution is -2.45. The van der Waals surface area contributed by atoms with Gasteiger partial charge in [-0.3, -0.25) is 4.99 Å². The summed E-state index contributed by atoms with van der Waals surface area (Å²) in [6, 6.07) is 17.3. The lowest BCUT2D eigenvalue weighted by atomic mass is 9.65. The molecule has 0 fully saturated rings. The van der Waals surface area contributed by atoms with Gasteiger partial charge in [-0.1, -0.05) is 52.3 Å². The van der Waals surface area contributed by atoms with Gasteiger partial charge in [-0.2, -0.15) is 0 Å². The summed E-state index contributed by atoms with van der Waals surface area (Å²) in [5.41, 5.74) is 5.54. The van der Waals surface area contributed by atoms with Gasteiger partial charge in [0.25, 0.3) is 0 Å². The second-order valence-corrected chi connectivity index (χ2v) is 7.56. The smallest absolute Gasteiger partial charge is 0.119 e. The Morgan fingerprint density at radius 1 is 1.22 bits per heavy atom. The molecule has 2 aliphatic rings. The largest absolute Gasteiger partial charge is 0.497 e.